The van der Waals surface area contributed by atoms with Gasteiger partial charge in [-0.15, -0.1) is 0 Å². The van der Waals surface area contributed by atoms with Crippen molar-refractivity contribution in [2.45, 2.75) is 32.7 Å². The van der Waals surface area contributed by atoms with E-state index in [1.807, 2.05) is 13.8 Å². The first-order chi connectivity index (χ1) is 10.4. The van der Waals surface area contributed by atoms with E-state index in [-0.39, 0.29) is 24.4 Å². The average molecular weight is 307 g/mol. The van der Waals surface area contributed by atoms with Crippen molar-refractivity contribution in [3.63, 3.8) is 0 Å². The van der Waals surface area contributed by atoms with Gasteiger partial charge in [-0.2, -0.15) is 0 Å². The van der Waals surface area contributed by atoms with Crippen LogP contribution in [0.2, 0.25) is 0 Å². The lowest BCUT2D eigenvalue weighted by molar-refractivity contribution is -0.137. The van der Waals surface area contributed by atoms with Crippen LogP contribution in [0.25, 0.3) is 0 Å². The molecule has 0 heterocycles. The van der Waals surface area contributed by atoms with Gasteiger partial charge in [0, 0.05) is 30.3 Å². The Morgan fingerprint density at radius 2 is 1.77 bits per heavy atom. The molecule has 7 heteroatoms. The Morgan fingerprint density at radius 3 is 2.32 bits per heavy atom. The molecule has 0 spiro atoms. The average Bonchev–Trinajstić information content (AvgIpc) is 2.43. The molecule has 1 aromatic rings. The quantitative estimate of drug-likeness (QED) is 0.576. The third-order valence-electron chi connectivity index (χ3n) is 2.68. The highest BCUT2D eigenvalue weighted by atomic mass is 16.4. The van der Waals surface area contributed by atoms with E-state index in [0.717, 1.165) is 0 Å². The highest BCUT2D eigenvalue weighted by molar-refractivity contribution is 5.95. The highest BCUT2D eigenvalue weighted by Crippen LogP contribution is 2.09. The molecule has 0 aliphatic carbocycles. The first kappa shape index (κ1) is 17.5. The zero-order chi connectivity index (χ0) is 16.5. The fourth-order valence-corrected chi connectivity index (χ4v) is 1.68. The van der Waals surface area contributed by atoms with Crippen LogP contribution in [0, 0.1) is 0 Å². The van der Waals surface area contributed by atoms with Gasteiger partial charge in [0.15, 0.2) is 0 Å². The molecule has 0 saturated heterocycles. The van der Waals surface area contributed by atoms with Gasteiger partial charge in [-0.1, -0.05) is 0 Å². The van der Waals surface area contributed by atoms with Crippen LogP contribution < -0.4 is 16.0 Å². The van der Waals surface area contributed by atoms with E-state index >= 15 is 0 Å². The molecular formula is C15H21N3O4. The summed E-state index contributed by atoms with van der Waals surface area (Å²) in [6.07, 6.45) is 0.407. The summed E-state index contributed by atoms with van der Waals surface area (Å²) in [4.78, 5) is 33.7. The van der Waals surface area contributed by atoms with E-state index in [0.29, 0.717) is 24.2 Å². The molecule has 120 valence electrons. The van der Waals surface area contributed by atoms with Gasteiger partial charge in [-0.05, 0) is 44.5 Å². The zero-order valence-corrected chi connectivity index (χ0v) is 12.7. The number of carboxylic acid groups (broad SMARTS) is 1. The van der Waals surface area contributed by atoms with Crippen LogP contribution in [-0.4, -0.2) is 35.6 Å². The molecule has 0 unspecified atom stereocenters. The van der Waals surface area contributed by atoms with E-state index in [1.54, 1.807) is 24.3 Å². The van der Waals surface area contributed by atoms with Crippen LogP contribution in [0.1, 0.15) is 37.0 Å². The maximum Gasteiger partial charge on any atom is 0.319 e. The van der Waals surface area contributed by atoms with Gasteiger partial charge >= 0.3 is 12.0 Å². The van der Waals surface area contributed by atoms with Gasteiger partial charge in [-0.3, -0.25) is 9.59 Å². The van der Waals surface area contributed by atoms with Crippen LogP contribution in [-0.2, 0) is 4.79 Å². The Bertz CT molecular complexity index is 526. The van der Waals surface area contributed by atoms with Crippen molar-refractivity contribution in [1.29, 1.82) is 0 Å². The van der Waals surface area contributed by atoms with Crippen LogP contribution >= 0.6 is 0 Å². The van der Waals surface area contributed by atoms with Gasteiger partial charge in [-0.25, -0.2) is 4.79 Å². The second-order valence-corrected chi connectivity index (χ2v) is 5.08. The summed E-state index contributed by atoms with van der Waals surface area (Å²) in [5.74, 6) is -1.16. The van der Waals surface area contributed by atoms with Crippen molar-refractivity contribution in [2.75, 3.05) is 11.9 Å². The van der Waals surface area contributed by atoms with Crippen LogP contribution in [0.4, 0.5) is 10.5 Å². The molecule has 1 rings (SSSR count). The van der Waals surface area contributed by atoms with Crippen LogP contribution in [0.5, 0.6) is 0 Å². The minimum Gasteiger partial charge on any atom is -0.481 e. The van der Waals surface area contributed by atoms with Crippen molar-refractivity contribution in [3.05, 3.63) is 29.8 Å². The smallest absolute Gasteiger partial charge is 0.319 e. The Morgan fingerprint density at radius 1 is 1.14 bits per heavy atom. The van der Waals surface area contributed by atoms with Gasteiger partial charge in [0.2, 0.25) is 0 Å². The van der Waals surface area contributed by atoms with Crippen molar-refractivity contribution >= 4 is 23.6 Å². The number of urea groups is 1. The Hall–Kier alpha value is -2.57. The summed E-state index contributed by atoms with van der Waals surface area (Å²) in [5, 5.41) is 16.5. The molecule has 0 radical (unpaired) electrons. The highest BCUT2D eigenvalue weighted by Gasteiger charge is 2.07. The minimum atomic E-state index is -0.885. The number of anilines is 1. The molecule has 7 nitrogen and oxygen atoms in total. The molecule has 0 aliphatic rings. The summed E-state index contributed by atoms with van der Waals surface area (Å²) in [6.45, 7) is 4.02. The second kappa shape index (κ2) is 8.66. The molecule has 0 bridgehead atoms. The number of carboxylic acids is 1. The lowest BCUT2D eigenvalue weighted by atomic mass is 10.2. The monoisotopic (exact) mass is 307 g/mol. The van der Waals surface area contributed by atoms with Gasteiger partial charge < -0.3 is 21.1 Å². The first-order valence-corrected chi connectivity index (χ1v) is 7.06. The lowest BCUT2D eigenvalue weighted by Crippen LogP contribution is -2.34. The molecule has 4 N–H and O–H groups in total. The topological polar surface area (TPSA) is 108 Å². The van der Waals surface area contributed by atoms with E-state index < -0.39 is 5.97 Å². The molecule has 1 aromatic carbocycles. The Kier molecular flexibility index (Phi) is 6.88. The zero-order valence-electron chi connectivity index (χ0n) is 12.7. The molecule has 22 heavy (non-hydrogen) atoms. The van der Waals surface area contributed by atoms with E-state index in [9.17, 15) is 14.4 Å². The minimum absolute atomic E-state index is 0.0219. The maximum atomic E-state index is 11.8. The molecule has 0 atom stereocenters. The first-order valence-electron chi connectivity index (χ1n) is 7.06. The van der Waals surface area contributed by atoms with Crippen molar-refractivity contribution < 1.29 is 19.5 Å². The number of benzene rings is 1. The fourth-order valence-electron chi connectivity index (χ4n) is 1.68. The third-order valence-corrected chi connectivity index (χ3v) is 2.68. The molecular weight excluding hydrogens is 286 g/mol. The SMILES string of the molecule is CC(C)NC(=O)Nc1ccc(C(=O)NCCCC(=O)O)cc1. The lowest BCUT2D eigenvalue weighted by Gasteiger charge is -2.10. The van der Waals surface area contributed by atoms with Crippen molar-refractivity contribution in [2.24, 2.45) is 0 Å². The molecule has 3 amide bonds. The fraction of sp³-hybridized carbons (Fsp3) is 0.400. The van der Waals surface area contributed by atoms with Gasteiger partial charge in [0.1, 0.15) is 0 Å². The number of carbonyl (C=O) groups is 3. The van der Waals surface area contributed by atoms with Gasteiger partial charge in [0.25, 0.3) is 5.91 Å². The van der Waals surface area contributed by atoms with Crippen molar-refractivity contribution in [1.82, 2.24) is 10.6 Å². The van der Waals surface area contributed by atoms with Crippen LogP contribution in [0.3, 0.4) is 0 Å². The Labute approximate surface area is 129 Å². The number of rotatable bonds is 7. The Balaban J connectivity index is 2.45. The normalized spacial score (nSPS) is 10.1. The molecule has 0 aliphatic heterocycles. The summed E-state index contributed by atoms with van der Waals surface area (Å²) in [5.41, 5.74) is 1.03. The standard InChI is InChI=1S/C15H21N3O4/c1-10(2)17-15(22)18-12-7-5-11(6-8-12)14(21)16-9-3-4-13(19)20/h5-8,10H,3-4,9H2,1-2H3,(H,16,21)(H,19,20)(H2,17,18,22). The van der Waals surface area contributed by atoms with Gasteiger partial charge in [0.05, 0.1) is 0 Å². The largest absolute Gasteiger partial charge is 0.481 e. The number of hydrogen-bond donors (Lipinski definition) is 4. The van der Waals surface area contributed by atoms with Crippen LogP contribution in [0.15, 0.2) is 24.3 Å². The summed E-state index contributed by atoms with van der Waals surface area (Å²) in [7, 11) is 0. The molecule has 0 saturated carbocycles. The van der Waals surface area contributed by atoms with E-state index in [1.165, 1.54) is 0 Å². The molecule has 0 aromatic heterocycles. The summed E-state index contributed by atoms with van der Waals surface area (Å²) >= 11 is 0. The number of nitrogens with one attached hydrogen (secondary N) is 3. The number of hydrogen-bond acceptors (Lipinski definition) is 3. The number of carbonyl (C=O) groups excluding carboxylic acids is 2. The van der Waals surface area contributed by atoms with E-state index in [4.69, 9.17) is 5.11 Å². The predicted octanol–water partition coefficient (Wildman–Crippen LogP) is 1.81. The molecule has 0 fully saturated rings. The predicted molar refractivity (Wildman–Crippen MR) is 82.9 cm³/mol. The third kappa shape index (κ3) is 6.74. The van der Waals surface area contributed by atoms with E-state index in [2.05, 4.69) is 16.0 Å². The van der Waals surface area contributed by atoms with Crippen molar-refractivity contribution in [3.8, 4) is 0 Å². The second-order valence-electron chi connectivity index (χ2n) is 5.08. The number of aliphatic carboxylic acids is 1. The number of amides is 3. The summed E-state index contributed by atoms with van der Waals surface area (Å²) in [6, 6.07) is 6.18. The summed E-state index contributed by atoms with van der Waals surface area (Å²) < 4.78 is 0. The maximum absolute atomic E-state index is 11.8.